The van der Waals surface area contributed by atoms with Crippen LogP contribution in [-0.4, -0.2) is 17.4 Å². The van der Waals surface area contributed by atoms with Crippen molar-refractivity contribution in [2.75, 3.05) is 11.9 Å². The molecule has 5 heteroatoms. The Morgan fingerprint density at radius 3 is 2.74 bits per heavy atom. The highest BCUT2D eigenvalue weighted by Crippen LogP contribution is 2.25. The van der Waals surface area contributed by atoms with Crippen molar-refractivity contribution < 1.29 is 4.79 Å². The highest BCUT2D eigenvalue weighted by molar-refractivity contribution is 6.31. The lowest BCUT2D eigenvalue weighted by molar-refractivity contribution is 0.0952. The molecule has 2 N–H and O–H groups in total. The number of rotatable bonds is 7. The fourth-order valence-electron chi connectivity index (χ4n) is 2.16. The molecule has 23 heavy (non-hydrogen) atoms. The highest BCUT2D eigenvalue weighted by atomic mass is 35.5. The summed E-state index contributed by atoms with van der Waals surface area (Å²) in [5.74, 6) is 0.594. The molecule has 0 atom stereocenters. The Balaban J connectivity index is 1.96. The van der Waals surface area contributed by atoms with E-state index in [2.05, 4.69) is 22.5 Å². The molecule has 0 aliphatic rings. The number of aromatic nitrogens is 1. The van der Waals surface area contributed by atoms with Crippen LogP contribution in [0.2, 0.25) is 5.02 Å². The van der Waals surface area contributed by atoms with Gasteiger partial charge in [-0.15, -0.1) is 0 Å². The number of benzene rings is 1. The van der Waals surface area contributed by atoms with Gasteiger partial charge in [-0.3, -0.25) is 4.79 Å². The predicted octanol–water partition coefficient (Wildman–Crippen LogP) is 4.71. The third-order valence-electron chi connectivity index (χ3n) is 3.62. The van der Waals surface area contributed by atoms with Crippen LogP contribution in [0.15, 0.2) is 36.5 Å². The maximum atomic E-state index is 12.0. The van der Waals surface area contributed by atoms with Crippen molar-refractivity contribution in [3.8, 4) is 0 Å². The number of carbonyl (C=O) groups excluding carboxylic acids is 1. The van der Waals surface area contributed by atoms with Gasteiger partial charge in [-0.1, -0.05) is 37.4 Å². The molecule has 0 unspecified atom stereocenters. The molecular formula is C18H22ClN3O. The predicted molar refractivity (Wildman–Crippen MR) is 95.6 cm³/mol. The van der Waals surface area contributed by atoms with Crippen molar-refractivity contribution in [3.63, 3.8) is 0 Å². The zero-order valence-corrected chi connectivity index (χ0v) is 14.3. The summed E-state index contributed by atoms with van der Waals surface area (Å²) in [4.78, 5) is 16.3. The van der Waals surface area contributed by atoms with Crippen molar-refractivity contribution in [3.05, 3.63) is 52.7 Å². The molecule has 2 rings (SSSR count). The summed E-state index contributed by atoms with van der Waals surface area (Å²) in [5, 5.41) is 6.82. The average Bonchev–Trinajstić information content (AvgIpc) is 2.56. The van der Waals surface area contributed by atoms with E-state index in [1.165, 1.54) is 0 Å². The zero-order valence-electron chi connectivity index (χ0n) is 13.5. The third kappa shape index (κ3) is 4.96. The Morgan fingerprint density at radius 2 is 2.04 bits per heavy atom. The Labute approximate surface area is 142 Å². The van der Waals surface area contributed by atoms with Gasteiger partial charge in [-0.2, -0.15) is 0 Å². The summed E-state index contributed by atoms with van der Waals surface area (Å²) in [6.45, 7) is 4.79. The van der Waals surface area contributed by atoms with Crippen LogP contribution in [0.4, 0.5) is 11.5 Å². The molecule has 0 saturated heterocycles. The summed E-state index contributed by atoms with van der Waals surface area (Å²) < 4.78 is 0. The second-order valence-electron chi connectivity index (χ2n) is 5.43. The molecule has 1 amide bonds. The lowest BCUT2D eigenvalue weighted by Crippen LogP contribution is -2.24. The van der Waals surface area contributed by atoms with Crippen molar-refractivity contribution >= 4 is 29.0 Å². The van der Waals surface area contributed by atoms with Gasteiger partial charge in [0.1, 0.15) is 5.82 Å². The number of anilines is 2. The van der Waals surface area contributed by atoms with E-state index >= 15 is 0 Å². The molecule has 1 aromatic heterocycles. The largest absolute Gasteiger partial charge is 0.352 e. The van der Waals surface area contributed by atoms with E-state index in [0.717, 1.165) is 30.5 Å². The van der Waals surface area contributed by atoms with Gasteiger partial charge >= 0.3 is 0 Å². The number of hydrogen-bond acceptors (Lipinski definition) is 3. The number of nitrogens with one attached hydrogen (secondary N) is 2. The first-order valence-electron chi connectivity index (χ1n) is 7.88. The van der Waals surface area contributed by atoms with Gasteiger partial charge in [0, 0.05) is 23.5 Å². The average molecular weight is 332 g/mol. The number of hydrogen-bond donors (Lipinski definition) is 2. The Bertz CT molecular complexity index is 656. The van der Waals surface area contributed by atoms with E-state index in [1.807, 2.05) is 25.1 Å². The second-order valence-corrected chi connectivity index (χ2v) is 5.84. The van der Waals surface area contributed by atoms with Crippen LogP contribution in [-0.2, 0) is 0 Å². The first-order chi connectivity index (χ1) is 11.1. The first-order valence-corrected chi connectivity index (χ1v) is 8.26. The van der Waals surface area contributed by atoms with Crippen LogP contribution < -0.4 is 10.6 Å². The maximum absolute atomic E-state index is 12.0. The molecule has 122 valence electrons. The SMILES string of the molecule is CCCCCNC(=O)c1ccc(Nc2cccc(Cl)c2C)nc1. The van der Waals surface area contributed by atoms with Crippen LogP contribution in [0.25, 0.3) is 0 Å². The van der Waals surface area contributed by atoms with E-state index in [4.69, 9.17) is 11.6 Å². The molecule has 1 aromatic carbocycles. The van der Waals surface area contributed by atoms with E-state index in [-0.39, 0.29) is 5.91 Å². The van der Waals surface area contributed by atoms with Crippen LogP contribution in [0, 0.1) is 6.92 Å². The highest BCUT2D eigenvalue weighted by Gasteiger charge is 2.07. The summed E-state index contributed by atoms with van der Waals surface area (Å²) in [6, 6.07) is 9.24. The normalized spacial score (nSPS) is 10.4. The van der Waals surface area contributed by atoms with E-state index in [9.17, 15) is 4.79 Å². The Morgan fingerprint density at radius 1 is 1.22 bits per heavy atom. The van der Waals surface area contributed by atoms with Gasteiger partial charge in [0.15, 0.2) is 0 Å². The quantitative estimate of drug-likeness (QED) is 0.722. The molecule has 0 radical (unpaired) electrons. The molecule has 0 saturated carbocycles. The minimum Gasteiger partial charge on any atom is -0.352 e. The lowest BCUT2D eigenvalue weighted by Gasteiger charge is -2.10. The minimum atomic E-state index is -0.0842. The maximum Gasteiger partial charge on any atom is 0.252 e. The van der Waals surface area contributed by atoms with Crippen LogP contribution >= 0.6 is 11.6 Å². The molecule has 0 spiro atoms. The monoisotopic (exact) mass is 331 g/mol. The van der Waals surface area contributed by atoms with Crippen LogP contribution in [0.5, 0.6) is 0 Å². The third-order valence-corrected chi connectivity index (χ3v) is 4.03. The lowest BCUT2D eigenvalue weighted by atomic mass is 10.2. The van der Waals surface area contributed by atoms with E-state index in [1.54, 1.807) is 18.3 Å². The van der Waals surface area contributed by atoms with Crippen molar-refractivity contribution in [2.45, 2.75) is 33.1 Å². The minimum absolute atomic E-state index is 0.0842. The Kier molecular flexibility index (Phi) is 6.41. The van der Waals surface area contributed by atoms with Crippen molar-refractivity contribution in [1.29, 1.82) is 0 Å². The molecular weight excluding hydrogens is 310 g/mol. The van der Waals surface area contributed by atoms with Gasteiger partial charge in [0.25, 0.3) is 5.91 Å². The topological polar surface area (TPSA) is 54.0 Å². The molecule has 2 aromatic rings. The number of nitrogens with zero attached hydrogens (tertiary/aromatic N) is 1. The van der Waals surface area contributed by atoms with Crippen LogP contribution in [0.3, 0.4) is 0 Å². The smallest absolute Gasteiger partial charge is 0.252 e. The first kappa shape index (κ1) is 17.3. The molecule has 0 aliphatic heterocycles. The fraction of sp³-hybridized carbons (Fsp3) is 0.333. The molecule has 1 heterocycles. The number of amides is 1. The molecule has 0 fully saturated rings. The number of halogens is 1. The summed E-state index contributed by atoms with van der Waals surface area (Å²) in [6.07, 6.45) is 4.85. The van der Waals surface area contributed by atoms with Gasteiger partial charge in [0.05, 0.1) is 5.56 Å². The fourth-order valence-corrected chi connectivity index (χ4v) is 2.34. The summed E-state index contributed by atoms with van der Waals surface area (Å²) in [7, 11) is 0. The second kappa shape index (κ2) is 8.53. The van der Waals surface area contributed by atoms with Crippen LogP contribution in [0.1, 0.15) is 42.1 Å². The summed E-state index contributed by atoms with van der Waals surface area (Å²) in [5.41, 5.74) is 2.44. The summed E-state index contributed by atoms with van der Waals surface area (Å²) >= 11 is 6.10. The van der Waals surface area contributed by atoms with Crippen molar-refractivity contribution in [1.82, 2.24) is 10.3 Å². The van der Waals surface area contributed by atoms with E-state index in [0.29, 0.717) is 22.9 Å². The molecule has 4 nitrogen and oxygen atoms in total. The van der Waals surface area contributed by atoms with Gasteiger partial charge in [-0.05, 0) is 43.2 Å². The van der Waals surface area contributed by atoms with E-state index < -0.39 is 0 Å². The number of pyridine rings is 1. The Hall–Kier alpha value is -2.07. The standard InChI is InChI=1S/C18H22ClN3O/c1-3-4-5-11-20-18(23)14-9-10-17(21-12-14)22-16-8-6-7-15(19)13(16)2/h6-10,12H,3-5,11H2,1-2H3,(H,20,23)(H,21,22). The number of carbonyl (C=O) groups is 1. The van der Waals surface area contributed by atoms with Crippen molar-refractivity contribution in [2.24, 2.45) is 0 Å². The van der Waals surface area contributed by atoms with Gasteiger partial charge in [0.2, 0.25) is 0 Å². The molecule has 0 aliphatic carbocycles. The number of unbranched alkanes of at least 4 members (excludes halogenated alkanes) is 2. The zero-order chi connectivity index (χ0) is 16.7. The molecule has 0 bridgehead atoms. The van der Waals surface area contributed by atoms with Gasteiger partial charge in [-0.25, -0.2) is 4.98 Å². The van der Waals surface area contributed by atoms with Gasteiger partial charge < -0.3 is 10.6 Å².